The molecule has 3 saturated heterocycles. The highest BCUT2D eigenvalue weighted by atomic mass is 16.5. The topological polar surface area (TPSA) is 143 Å². The highest BCUT2D eigenvalue weighted by Crippen LogP contribution is 2.34. The Morgan fingerprint density at radius 2 is 1.63 bits per heavy atom. The number of aromatic amines is 1. The number of pyridine rings is 2. The molecule has 2 aromatic carbocycles. The van der Waals surface area contributed by atoms with Gasteiger partial charge in [-0.05, 0) is 98.2 Å². The quantitative estimate of drug-likeness (QED) is 0.180. The number of H-pyrrole nitrogens is 1. The van der Waals surface area contributed by atoms with Crippen LogP contribution in [0.25, 0.3) is 11.1 Å². The minimum Gasteiger partial charge on any atom is -0.381 e. The molecule has 0 unspecified atom stereocenters. The van der Waals surface area contributed by atoms with Crippen LogP contribution in [0.2, 0.25) is 0 Å². The first kappa shape index (κ1) is 39.8. The van der Waals surface area contributed by atoms with E-state index < -0.39 is 6.03 Å². The fourth-order valence-corrected chi connectivity index (χ4v) is 8.38. The molecule has 0 radical (unpaired) electrons. The molecule has 0 aliphatic carbocycles. The number of benzene rings is 2. The second-order valence-electron chi connectivity index (χ2n) is 15.4. The molecule has 3 N–H and O–H groups in total. The summed E-state index contributed by atoms with van der Waals surface area (Å²) in [6.07, 6.45) is 5.60. The van der Waals surface area contributed by atoms with Crippen molar-refractivity contribution in [3.63, 3.8) is 0 Å². The van der Waals surface area contributed by atoms with Crippen molar-refractivity contribution in [2.45, 2.75) is 72.6 Å². The fourth-order valence-electron chi connectivity index (χ4n) is 8.38. The first-order valence-corrected chi connectivity index (χ1v) is 20.1. The summed E-state index contributed by atoms with van der Waals surface area (Å²) in [5.41, 5.74) is 9.59. The van der Waals surface area contributed by atoms with Crippen LogP contribution < -0.4 is 26.0 Å². The summed E-state index contributed by atoms with van der Waals surface area (Å²) in [7, 11) is 0. The zero-order chi connectivity index (χ0) is 40.1. The second kappa shape index (κ2) is 17.8. The lowest BCUT2D eigenvalue weighted by Crippen LogP contribution is -2.50. The molecular formula is C44H54N8O5. The average molecular weight is 775 g/mol. The van der Waals surface area contributed by atoms with E-state index in [1.165, 1.54) is 5.56 Å². The summed E-state index contributed by atoms with van der Waals surface area (Å²) in [5.74, 6) is -0.456. The van der Waals surface area contributed by atoms with Gasteiger partial charge in [0.15, 0.2) is 0 Å². The Kier molecular flexibility index (Phi) is 12.5. The molecule has 3 aliphatic rings. The molecule has 0 spiro atoms. The molecule has 0 saturated carbocycles. The largest absolute Gasteiger partial charge is 0.381 e. The van der Waals surface area contributed by atoms with Crippen LogP contribution in [0.5, 0.6) is 0 Å². The van der Waals surface area contributed by atoms with Gasteiger partial charge in [-0.15, -0.1) is 0 Å². The summed E-state index contributed by atoms with van der Waals surface area (Å²) in [5, 5.41) is 5.47. The minimum atomic E-state index is -0.397. The molecule has 3 aliphatic heterocycles. The van der Waals surface area contributed by atoms with Gasteiger partial charge >= 0.3 is 6.03 Å². The van der Waals surface area contributed by atoms with E-state index in [1.807, 2.05) is 39.0 Å². The van der Waals surface area contributed by atoms with E-state index in [1.54, 1.807) is 17.3 Å². The Labute approximate surface area is 334 Å². The van der Waals surface area contributed by atoms with Gasteiger partial charge in [-0.2, -0.15) is 0 Å². The first-order chi connectivity index (χ1) is 27.6. The van der Waals surface area contributed by atoms with Crippen LogP contribution in [-0.4, -0.2) is 96.1 Å². The molecule has 13 heteroatoms. The number of piperazine rings is 1. The zero-order valence-corrected chi connectivity index (χ0v) is 33.5. The van der Waals surface area contributed by atoms with E-state index in [4.69, 9.17) is 4.74 Å². The smallest absolute Gasteiger partial charge is 0.328 e. The van der Waals surface area contributed by atoms with E-state index in [0.29, 0.717) is 30.3 Å². The van der Waals surface area contributed by atoms with Gasteiger partial charge in [0.1, 0.15) is 0 Å². The zero-order valence-electron chi connectivity index (χ0n) is 33.5. The molecule has 7 rings (SSSR count). The van der Waals surface area contributed by atoms with Crippen LogP contribution in [0.15, 0.2) is 65.7 Å². The van der Waals surface area contributed by atoms with Crippen LogP contribution in [0.3, 0.4) is 0 Å². The number of anilines is 2. The molecular weight excluding hydrogens is 721 g/mol. The van der Waals surface area contributed by atoms with Gasteiger partial charge in [0, 0.05) is 113 Å². The van der Waals surface area contributed by atoms with Crippen molar-refractivity contribution in [1.82, 2.24) is 30.4 Å². The number of imide groups is 1. The number of ether oxygens (including phenoxy) is 1. The molecule has 0 atom stereocenters. The van der Waals surface area contributed by atoms with Crippen molar-refractivity contribution in [2.24, 2.45) is 0 Å². The number of aryl methyl sites for hydroxylation is 2. The van der Waals surface area contributed by atoms with Gasteiger partial charge in [0.25, 0.3) is 11.5 Å². The van der Waals surface area contributed by atoms with Crippen molar-refractivity contribution in [1.29, 1.82) is 0 Å². The maximum atomic E-state index is 14.0. The van der Waals surface area contributed by atoms with Crippen LogP contribution in [0.1, 0.15) is 70.1 Å². The number of carbonyl (C=O) groups excluding carboxylic acids is 3. The number of carbonyl (C=O) groups is 3. The molecule has 5 heterocycles. The minimum absolute atomic E-state index is 0.144. The SMILES string of the molecule is CCN(c1cc(-c2ccc(CN3CCN(Cc4ccncc4N4CCC(=O)NC4=O)CC3)cc2)cc(C(=O)NCc2c(C)cc(C)[nH]c2=O)c1C)C1CCOCC1. The summed E-state index contributed by atoms with van der Waals surface area (Å²) in [6.45, 7) is 15.8. The van der Waals surface area contributed by atoms with Crippen molar-refractivity contribution >= 4 is 29.2 Å². The lowest BCUT2D eigenvalue weighted by molar-refractivity contribution is -0.120. The molecule has 13 nitrogen and oxygen atoms in total. The van der Waals surface area contributed by atoms with Crippen molar-refractivity contribution in [3.8, 4) is 11.1 Å². The number of nitrogens with zero attached hydrogens (tertiary/aromatic N) is 5. The molecule has 300 valence electrons. The third-order valence-corrected chi connectivity index (χ3v) is 11.6. The molecule has 4 amide bonds. The monoisotopic (exact) mass is 774 g/mol. The van der Waals surface area contributed by atoms with Gasteiger partial charge in [-0.25, -0.2) is 4.79 Å². The van der Waals surface area contributed by atoms with E-state index in [-0.39, 0.29) is 30.3 Å². The maximum absolute atomic E-state index is 14.0. The first-order valence-electron chi connectivity index (χ1n) is 20.1. The molecule has 3 fully saturated rings. The fraction of sp³-hybridized carbons (Fsp3) is 0.432. The van der Waals surface area contributed by atoms with Crippen LogP contribution >= 0.6 is 0 Å². The number of rotatable bonds is 12. The van der Waals surface area contributed by atoms with Crippen molar-refractivity contribution in [3.05, 3.63) is 110 Å². The second-order valence-corrected chi connectivity index (χ2v) is 15.4. The predicted molar refractivity (Wildman–Crippen MR) is 221 cm³/mol. The van der Waals surface area contributed by atoms with E-state index in [2.05, 4.69) is 72.6 Å². The van der Waals surface area contributed by atoms with Crippen LogP contribution in [0, 0.1) is 20.8 Å². The summed E-state index contributed by atoms with van der Waals surface area (Å²) in [6, 6.07) is 16.7. The van der Waals surface area contributed by atoms with Gasteiger partial charge in [-0.1, -0.05) is 24.3 Å². The van der Waals surface area contributed by atoms with Gasteiger partial charge in [0.2, 0.25) is 5.91 Å². The normalized spacial score (nSPS) is 17.1. The van der Waals surface area contributed by atoms with E-state index in [0.717, 1.165) is 110 Å². The Hall–Kier alpha value is -5.37. The Balaban J connectivity index is 1.04. The molecule has 57 heavy (non-hydrogen) atoms. The van der Waals surface area contributed by atoms with Gasteiger partial charge < -0.3 is 19.9 Å². The number of nitrogens with one attached hydrogen (secondary N) is 3. The number of hydrogen-bond donors (Lipinski definition) is 3. The summed E-state index contributed by atoms with van der Waals surface area (Å²) < 4.78 is 5.69. The number of hydrogen-bond acceptors (Lipinski definition) is 9. The number of amides is 4. The summed E-state index contributed by atoms with van der Waals surface area (Å²) in [4.78, 5) is 67.0. The number of urea groups is 1. The number of aromatic nitrogens is 2. The predicted octanol–water partition coefficient (Wildman–Crippen LogP) is 5.06. The Morgan fingerprint density at radius 1 is 0.912 bits per heavy atom. The molecule has 0 bridgehead atoms. The van der Waals surface area contributed by atoms with Gasteiger partial charge in [0.05, 0.1) is 11.9 Å². The van der Waals surface area contributed by atoms with Crippen molar-refractivity contribution in [2.75, 3.05) is 62.3 Å². The standard InChI is InChI=1S/C44H54N8O5/c1-5-51(36-12-20-57-21-13-36)39-24-35(23-37(31(39)4)42(54)46-25-38-29(2)22-30(3)47-43(38)55)33-8-6-32(7-9-33)27-49-16-18-50(19-17-49)28-34-10-14-45-26-40(34)52-15-11-41(53)48-44(52)56/h6-10,14,22-24,26,36H,5,11-13,15-21,25,27-28H2,1-4H3,(H,46,54)(H,47,55)(H,48,53,56). The van der Waals surface area contributed by atoms with Crippen LogP contribution in [-0.2, 0) is 29.2 Å². The van der Waals surface area contributed by atoms with Crippen LogP contribution in [0.4, 0.5) is 16.2 Å². The Morgan fingerprint density at radius 3 is 2.32 bits per heavy atom. The lowest BCUT2D eigenvalue weighted by atomic mass is 9.94. The van der Waals surface area contributed by atoms with E-state index in [9.17, 15) is 19.2 Å². The van der Waals surface area contributed by atoms with E-state index >= 15 is 0 Å². The molecule has 2 aromatic heterocycles. The Bertz CT molecular complexity index is 2150. The highest BCUT2D eigenvalue weighted by molar-refractivity contribution is 6.05. The van der Waals surface area contributed by atoms with Crippen molar-refractivity contribution < 1.29 is 19.1 Å². The summed E-state index contributed by atoms with van der Waals surface area (Å²) >= 11 is 0. The van der Waals surface area contributed by atoms with Gasteiger partial charge in [-0.3, -0.25) is 39.4 Å². The average Bonchev–Trinajstić information content (AvgIpc) is 3.20. The molecule has 4 aromatic rings. The third kappa shape index (κ3) is 9.27. The lowest BCUT2D eigenvalue weighted by Gasteiger charge is -2.37. The highest BCUT2D eigenvalue weighted by Gasteiger charge is 2.28. The third-order valence-electron chi connectivity index (χ3n) is 11.6. The maximum Gasteiger partial charge on any atom is 0.328 e.